The molecule has 0 atom stereocenters. The minimum Gasteiger partial charge on any atom is -0.506 e. The van der Waals surface area contributed by atoms with Crippen molar-refractivity contribution in [3.05, 3.63) is 74.6 Å². The normalized spacial score (nSPS) is 15.5. The Morgan fingerprint density at radius 1 is 1.14 bits per heavy atom. The van der Waals surface area contributed by atoms with Crippen molar-refractivity contribution in [2.45, 2.75) is 33.8 Å². The molecule has 1 amide bonds. The molecule has 0 saturated carbocycles. The van der Waals surface area contributed by atoms with Crippen LogP contribution in [0.4, 0.5) is 4.39 Å². The smallest absolute Gasteiger partial charge is 0.344 e. The summed E-state index contributed by atoms with van der Waals surface area (Å²) in [5, 5.41) is 11.1. The van der Waals surface area contributed by atoms with Crippen LogP contribution in [0, 0.1) is 5.82 Å². The minimum atomic E-state index is -0.775. The molecule has 36 heavy (non-hydrogen) atoms. The predicted molar refractivity (Wildman–Crippen MR) is 138 cm³/mol. The van der Waals surface area contributed by atoms with E-state index in [9.17, 15) is 19.1 Å². The van der Waals surface area contributed by atoms with Gasteiger partial charge in [0.2, 0.25) is 5.91 Å². The van der Waals surface area contributed by atoms with E-state index in [-0.39, 0.29) is 57.5 Å². The van der Waals surface area contributed by atoms with Crippen molar-refractivity contribution in [2.75, 3.05) is 13.2 Å². The molecule has 0 saturated heterocycles. The summed E-state index contributed by atoms with van der Waals surface area (Å²) < 4.78 is 30.1. The monoisotopic (exact) mass is 533 g/mol. The van der Waals surface area contributed by atoms with Crippen molar-refractivity contribution >= 4 is 46.4 Å². The molecule has 10 heteroatoms. The number of carbonyl (C=O) groups is 2. The van der Waals surface area contributed by atoms with Gasteiger partial charge in [0.05, 0.1) is 23.1 Å². The number of ether oxygens (including phenoxy) is 3. The molecular formula is C26H25ClFNO6S. The molecular weight excluding hydrogens is 509 g/mol. The average molecular weight is 534 g/mol. The van der Waals surface area contributed by atoms with Gasteiger partial charge in [-0.05, 0) is 55.3 Å². The molecule has 7 nitrogen and oxygen atoms in total. The zero-order chi connectivity index (χ0) is 26.2. The highest BCUT2D eigenvalue weighted by atomic mass is 35.5. The molecule has 0 spiro atoms. The van der Waals surface area contributed by atoms with Crippen LogP contribution in [-0.4, -0.2) is 35.2 Å². The highest BCUT2D eigenvalue weighted by Gasteiger charge is 2.33. The van der Waals surface area contributed by atoms with Crippen LogP contribution in [0.25, 0.3) is 6.08 Å². The zero-order valence-electron chi connectivity index (χ0n) is 20.0. The van der Waals surface area contributed by atoms with Crippen molar-refractivity contribution in [1.29, 1.82) is 0 Å². The van der Waals surface area contributed by atoms with Crippen molar-refractivity contribution in [1.82, 2.24) is 0 Å². The van der Waals surface area contributed by atoms with Crippen LogP contribution in [0.3, 0.4) is 0 Å². The van der Waals surface area contributed by atoms with Gasteiger partial charge in [0.15, 0.2) is 11.5 Å². The lowest BCUT2D eigenvalue weighted by molar-refractivity contribution is -0.138. The number of halogens is 2. The Balaban J connectivity index is 1.96. The summed E-state index contributed by atoms with van der Waals surface area (Å²) in [6.07, 6.45) is 1.73. The van der Waals surface area contributed by atoms with Gasteiger partial charge in [0, 0.05) is 6.42 Å². The van der Waals surface area contributed by atoms with Crippen LogP contribution in [-0.2, 0) is 20.9 Å². The highest BCUT2D eigenvalue weighted by Crippen LogP contribution is 2.42. The number of benzene rings is 2. The Labute approximate surface area is 217 Å². The number of hydrogen-bond acceptors (Lipinski definition) is 7. The lowest BCUT2D eigenvalue weighted by atomic mass is 10.1. The molecule has 1 aliphatic heterocycles. The molecule has 0 radical (unpaired) electrons. The van der Waals surface area contributed by atoms with E-state index in [1.165, 1.54) is 12.1 Å². The summed E-state index contributed by atoms with van der Waals surface area (Å²) in [5.74, 6) is -1.30. The fourth-order valence-electron chi connectivity index (χ4n) is 3.19. The molecule has 0 bridgehead atoms. The fraction of sp³-hybridized carbons (Fsp3) is 0.269. The maximum atomic E-state index is 13.5. The first-order chi connectivity index (χ1) is 17.3. The van der Waals surface area contributed by atoms with E-state index in [0.717, 1.165) is 11.8 Å². The molecule has 1 aliphatic rings. The van der Waals surface area contributed by atoms with Crippen LogP contribution >= 0.6 is 23.4 Å². The number of hydrogen-bond donors (Lipinski definition) is 1. The number of thioether (sulfide) groups is 1. The van der Waals surface area contributed by atoms with E-state index < -0.39 is 11.9 Å². The lowest BCUT2D eigenvalue weighted by Gasteiger charge is -2.15. The van der Waals surface area contributed by atoms with Crippen LogP contribution in [0.1, 0.15) is 38.3 Å². The van der Waals surface area contributed by atoms with Gasteiger partial charge in [-0.25, -0.2) is 14.2 Å². The van der Waals surface area contributed by atoms with E-state index in [2.05, 4.69) is 4.99 Å². The van der Waals surface area contributed by atoms with Crippen molar-refractivity contribution in [2.24, 2.45) is 4.99 Å². The number of aliphatic hydroxyl groups is 1. The highest BCUT2D eigenvalue weighted by molar-refractivity contribution is 8.18. The topological polar surface area (TPSA) is 94.4 Å². The molecule has 3 rings (SSSR count). The van der Waals surface area contributed by atoms with E-state index >= 15 is 0 Å². The molecule has 0 unspecified atom stereocenters. The lowest BCUT2D eigenvalue weighted by Crippen LogP contribution is -2.14. The summed E-state index contributed by atoms with van der Waals surface area (Å²) >= 11 is 7.47. The second kappa shape index (κ2) is 12.6. The van der Waals surface area contributed by atoms with Crippen LogP contribution in [0.2, 0.25) is 5.02 Å². The molecule has 0 aromatic heterocycles. The second-order valence-corrected chi connectivity index (χ2v) is 8.84. The molecule has 2 aromatic carbocycles. The molecule has 190 valence electrons. The number of esters is 1. The first-order valence-electron chi connectivity index (χ1n) is 11.2. The standard InChI is InChI=1S/C26H25ClFNO6S/c1-4-21(30)29-25-22(26(32)34-6-3)23(31)20(36-25)13-16-11-18(27)24(19(12-16)33-5-2)35-14-15-8-7-9-17(28)10-15/h7-13,31H,4-6,14H2,1-3H3/b20-13-,29-25?. The van der Waals surface area contributed by atoms with Gasteiger partial charge in [-0.1, -0.05) is 42.4 Å². The largest absolute Gasteiger partial charge is 0.506 e. The number of amides is 1. The summed E-state index contributed by atoms with van der Waals surface area (Å²) in [4.78, 5) is 28.6. The van der Waals surface area contributed by atoms with Gasteiger partial charge < -0.3 is 19.3 Å². The first-order valence-corrected chi connectivity index (χ1v) is 12.4. The third kappa shape index (κ3) is 6.67. The number of nitrogens with zero attached hydrogens (tertiary/aromatic N) is 1. The van der Waals surface area contributed by atoms with Gasteiger partial charge in [0.1, 0.15) is 28.8 Å². The van der Waals surface area contributed by atoms with Crippen molar-refractivity contribution in [3.8, 4) is 11.5 Å². The summed E-state index contributed by atoms with van der Waals surface area (Å²) in [7, 11) is 0. The average Bonchev–Trinajstić information content (AvgIpc) is 3.13. The Morgan fingerprint density at radius 3 is 2.58 bits per heavy atom. The first kappa shape index (κ1) is 27.3. The molecule has 1 heterocycles. The van der Waals surface area contributed by atoms with E-state index in [4.69, 9.17) is 25.8 Å². The zero-order valence-corrected chi connectivity index (χ0v) is 21.5. The van der Waals surface area contributed by atoms with Gasteiger partial charge >= 0.3 is 5.97 Å². The third-order valence-electron chi connectivity index (χ3n) is 4.80. The van der Waals surface area contributed by atoms with Gasteiger partial charge in [0.25, 0.3) is 0 Å². The maximum Gasteiger partial charge on any atom is 0.344 e. The Morgan fingerprint density at radius 2 is 1.92 bits per heavy atom. The van der Waals surface area contributed by atoms with E-state index in [1.807, 2.05) is 0 Å². The third-order valence-corrected chi connectivity index (χ3v) is 6.10. The fourth-order valence-corrected chi connectivity index (χ4v) is 4.50. The SMILES string of the molecule is CCOC(=O)C1=C(O)/C(=C/c2cc(Cl)c(OCc3cccc(F)c3)c(OCC)c2)SC1=NC(=O)CC. The number of rotatable bonds is 9. The van der Waals surface area contributed by atoms with Gasteiger partial charge in [-0.15, -0.1) is 0 Å². The number of carbonyl (C=O) groups excluding carboxylic acids is 2. The van der Waals surface area contributed by atoms with Gasteiger partial charge in [-0.2, -0.15) is 0 Å². The van der Waals surface area contributed by atoms with Crippen molar-refractivity contribution < 1.29 is 33.3 Å². The van der Waals surface area contributed by atoms with Gasteiger partial charge in [-0.3, -0.25) is 4.79 Å². The second-order valence-electron chi connectivity index (χ2n) is 7.40. The molecule has 0 aliphatic carbocycles. The van der Waals surface area contributed by atoms with Crippen molar-refractivity contribution in [3.63, 3.8) is 0 Å². The summed E-state index contributed by atoms with van der Waals surface area (Å²) in [5.41, 5.74) is 1.00. The quantitative estimate of drug-likeness (QED) is 0.380. The summed E-state index contributed by atoms with van der Waals surface area (Å²) in [6, 6.07) is 9.28. The number of aliphatic imine (C=N–C) groups is 1. The van der Waals surface area contributed by atoms with Crippen LogP contribution in [0.5, 0.6) is 11.5 Å². The minimum absolute atomic E-state index is 0.0650. The van der Waals surface area contributed by atoms with E-state index in [1.54, 1.807) is 51.1 Å². The Kier molecular flexibility index (Phi) is 9.55. The maximum absolute atomic E-state index is 13.5. The molecule has 1 N–H and O–H groups in total. The number of aliphatic hydroxyl groups excluding tert-OH is 1. The Hall–Kier alpha value is -3.30. The van der Waals surface area contributed by atoms with Crippen LogP contribution in [0.15, 0.2) is 57.6 Å². The van der Waals surface area contributed by atoms with Crippen LogP contribution < -0.4 is 9.47 Å². The molecule has 2 aromatic rings. The Bertz CT molecular complexity index is 1260. The molecule has 0 fully saturated rings. The predicted octanol–water partition coefficient (Wildman–Crippen LogP) is 6.25. The summed E-state index contributed by atoms with van der Waals surface area (Å²) in [6.45, 7) is 5.58. The van der Waals surface area contributed by atoms with E-state index in [0.29, 0.717) is 23.5 Å².